The number of aryl methyl sites for hydroxylation is 1. The summed E-state index contributed by atoms with van der Waals surface area (Å²) in [5.74, 6) is 0.701. The Balaban J connectivity index is 2.12. The lowest BCUT2D eigenvalue weighted by Gasteiger charge is -2.04. The first-order valence-corrected chi connectivity index (χ1v) is 7.21. The lowest BCUT2D eigenvalue weighted by Crippen LogP contribution is -1.92. The molecule has 3 heteroatoms. The van der Waals surface area contributed by atoms with Crippen LogP contribution in [0.3, 0.4) is 0 Å². The van der Waals surface area contributed by atoms with Crippen molar-refractivity contribution in [1.82, 2.24) is 4.57 Å². The van der Waals surface area contributed by atoms with Crippen molar-refractivity contribution in [2.24, 2.45) is 7.05 Å². The van der Waals surface area contributed by atoms with Crippen molar-refractivity contribution in [3.8, 4) is 5.75 Å². The third-order valence-corrected chi connectivity index (χ3v) is 3.49. The van der Waals surface area contributed by atoms with Crippen LogP contribution in [0, 0.1) is 0 Å². The van der Waals surface area contributed by atoms with Crippen LogP contribution in [-0.4, -0.2) is 11.7 Å². The summed E-state index contributed by atoms with van der Waals surface area (Å²) in [7, 11) is 3.65. The van der Waals surface area contributed by atoms with E-state index in [9.17, 15) is 0 Å². The second-order valence-electron chi connectivity index (χ2n) is 5.00. The van der Waals surface area contributed by atoms with Gasteiger partial charge in [0.05, 0.1) is 12.8 Å². The number of nitrogens with two attached hydrogens (primary N) is 1. The molecule has 0 saturated carbocycles. The van der Waals surface area contributed by atoms with Crippen molar-refractivity contribution >= 4 is 17.8 Å². The van der Waals surface area contributed by atoms with Gasteiger partial charge in [0.25, 0.3) is 0 Å². The van der Waals surface area contributed by atoms with E-state index in [1.54, 1.807) is 7.11 Å². The number of anilines is 1. The molecular weight excluding hydrogens is 272 g/mol. The molecule has 0 spiro atoms. The van der Waals surface area contributed by atoms with Gasteiger partial charge in [-0.1, -0.05) is 30.4 Å². The molecule has 2 rings (SSSR count). The molecule has 0 radical (unpaired) electrons. The first kappa shape index (κ1) is 15.7. The summed E-state index contributed by atoms with van der Waals surface area (Å²) >= 11 is 0. The summed E-state index contributed by atoms with van der Waals surface area (Å²) in [5.41, 5.74) is 9.91. The van der Waals surface area contributed by atoms with Crippen LogP contribution in [-0.2, 0) is 7.05 Å². The van der Waals surface area contributed by atoms with E-state index in [-0.39, 0.29) is 0 Å². The lowest BCUT2D eigenvalue weighted by atomic mass is 10.1. The monoisotopic (exact) mass is 294 g/mol. The molecule has 0 saturated heterocycles. The average Bonchev–Trinajstić information content (AvgIpc) is 2.93. The predicted octanol–water partition coefficient (Wildman–Crippen LogP) is 4.29. The van der Waals surface area contributed by atoms with Gasteiger partial charge in [0, 0.05) is 18.9 Å². The highest BCUT2D eigenvalue weighted by Gasteiger charge is 1.98. The largest absolute Gasteiger partial charge is 0.495 e. The number of nitrogens with zero attached hydrogens (tertiary/aromatic N) is 1. The summed E-state index contributed by atoms with van der Waals surface area (Å²) in [6, 6.07) is 9.89. The Morgan fingerprint density at radius 3 is 2.55 bits per heavy atom. The molecule has 0 fully saturated rings. The van der Waals surface area contributed by atoms with E-state index in [4.69, 9.17) is 10.5 Å². The predicted molar refractivity (Wildman–Crippen MR) is 94.6 cm³/mol. The Hall–Kier alpha value is -2.68. The minimum atomic E-state index is 0.644. The van der Waals surface area contributed by atoms with E-state index >= 15 is 0 Å². The van der Waals surface area contributed by atoms with E-state index < -0.39 is 0 Å². The Kier molecular flexibility index (Phi) is 5.26. The molecule has 0 bridgehead atoms. The van der Waals surface area contributed by atoms with Crippen LogP contribution >= 0.6 is 0 Å². The standard InChI is InChI=1S/C19H22N2O/c1-4-15(9-11-17-6-5-13-21(17)2)7-8-16-10-12-19(22-3)18(20)14-16/h4-14H,20H2,1-3H3/b8-7-,11-9-,15-4-. The number of rotatable bonds is 5. The number of hydrogen-bond acceptors (Lipinski definition) is 2. The molecule has 1 aromatic heterocycles. The van der Waals surface area contributed by atoms with Crippen molar-refractivity contribution in [2.75, 3.05) is 12.8 Å². The molecule has 0 aliphatic rings. The normalized spacial score (nSPS) is 12.4. The maximum absolute atomic E-state index is 5.92. The zero-order valence-corrected chi connectivity index (χ0v) is 13.3. The highest BCUT2D eigenvalue weighted by Crippen LogP contribution is 2.22. The van der Waals surface area contributed by atoms with Crippen LogP contribution < -0.4 is 10.5 Å². The molecule has 2 aromatic rings. The van der Waals surface area contributed by atoms with E-state index in [1.165, 1.54) is 5.69 Å². The van der Waals surface area contributed by atoms with Crippen LogP contribution in [0.25, 0.3) is 12.2 Å². The number of allylic oxidation sites excluding steroid dienone is 4. The summed E-state index contributed by atoms with van der Waals surface area (Å²) in [6.07, 6.45) is 12.4. The fraction of sp³-hybridized carbons (Fsp3) is 0.158. The Labute approximate surface area is 132 Å². The highest BCUT2D eigenvalue weighted by molar-refractivity contribution is 5.64. The average molecular weight is 294 g/mol. The fourth-order valence-corrected chi connectivity index (χ4v) is 2.13. The van der Waals surface area contributed by atoms with Crippen LogP contribution in [0.1, 0.15) is 18.2 Å². The van der Waals surface area contributed by atoms with Gasteiger partial charge in [-0.15, -0.1) is 0 Å². The summed E-state index contributed by atoms with van der Waals surface area (Å²) in [6.45, 7) is 2.03. The molecule has 0 aliphatic carbocycles. The van der Waals surface area contributed by atoms with Gasteiger partial charge in [-0.25, -0.2) is 0 Å². The molecule has 0 amide bonds. The number of benzene rings is 1. The maximum atomic E-state index is 5.92. The summed E-state index contributed by atoms with van der Waals surface area (Å²) in [4.78, 5) is 0. The van der Waals surface area contributed by atoms with Crippen molar-refractivity contribution in [3.05, 3.63) is 71.6 Å². The van der Waals surface area contributed by atoms with Gasteiger partial charge in [-0.3, -0.25) is 0 Å². The second-order valence-corrected chi connectivity index (χ2v) is 5.00. The highest BCUT2D eigenvalue weighted by atomic mass is 16.5. The topological polar surface area (TPSA) is 40.2 Å². The van der Waals surface area contributed by atoms with Gasteiger partial charge in [0.15, 0.2) is 0 Å². The minimum Gasteiger partial charge on any atom is -0.495 e. The molecule has 0 unspecified atom stereocenters. The number of ether oxygens (including phenoxy) is 1. The smallest absolute Gasteiger partial charge is 0.141 e. The number of aromatic nitrogens is 1. The maximum Gasteiger partial charge on any atom is 0.141 e. The van der Waals surface area contributed by atoms with Gasteiger partial charge >= 0.3 is 0 Å². The number of methoxy groups -OCH3 is 1. The van der Waals surface area contributed by atoms with E-state index in [0.717, 1.165) is 11.1 Å². The van der Waals surface area contributed by atoms with Crippen LogP contribution in [0.2, 0.25) is 0 Å². The summed E-state index contributed by atoms with van der Waals surface area (Å²) in [5, 5.41) is 0. The van der Waals surface area contributed by atoms with Gasteiger partial charge < -0.3 is 15.0 Å². The van der Waals surface area contributed by atoms with Crippen LogP contribution in [0.15, 0.2) is 60.3 Å². The third-order valence-electron chi connectivity index (χ3n) is 3.49. The van der Waals surface area contributed by atoms with E-state index in [0.29, 0.717) is 11.4 Å². The van der Waals surface area contributed by atoms with Gasteiger partial charge in [-0.2, -0.15) is 0 Å². The first-order chi connectivity index (χ1) is 10.6. The molecular formula is C19H22N2O. The number of nitrogen functional groups attached to an aromatic ring is 1. The van der Waals surface area contributed by atoms with E-state index in [1.807, 2.05) is 50.5 Å². The number of hydrogen-bond donors (Lipinski definition) is 1. The van der Waals surface area contributed by atoms with Gasteiger partial charge in [0.2, 0.25) is 0 Å². The van der Waals surface area contributed by atoms with Gasteiger partial charge in [0.1, 0.15) is 5.75 Å². The zero-order valence-electron chi connectivity index (χ0n) is 13.3. The zero-order chi connectivity index (χ0) is 15.9. The van der Waals surface area contributed by atoms with Crippen molar-refractivity contribution in [2.45, 2.75) is 6.92 Å². The van der Waals surface area contributed by atoms with Crippen molar-refractivity contribution in [3.63, 3.8) is 0 Å². The lowest BCUT2D eigenvalue weighted by molar-refractivity contribution is 0.417. The minimum absolute atomic E-state index is 0.644. The Morgan fingerprint density at radius 1 is 1.18 bits per heavy atom. The van der Waals surface area contributed by atoms with Crippen LogP contribution in [0.5, 0.6) is 5.75 Å². The molecule has 1 aromatic carbocycles. The first-order valence-electron chi connectivity index (χ1n) is 7.21. The molecule has 22 heavy (non-hydrogen) atoms. The summed E-state index contributed by atoms with van der Waals surface area (Å²) < 4.78 is 7.24. The molecule has 3 nitrogen and oxygen atoms in total. The van der Waals surface area contributed by atoms with Crippen LogP contribution in [0.4, 0.5) is 5.69 Å². The second kappa shape index (κ2) is 7.36. The molecule has 0 atom stereocenters. The SMILES string of the molecule is C/C=C(/C=C\c1ccc(OC)c(N)c1)\C=C/c1cccn1C. The third kappa shape index (κ3) is 3.92. The Bertz CT molecular complexity index is 721. The molecule has 1 heterocycles. The van der Waals surface area contributed by atoms with Gasteiger partial charge in [-0.05, 0) is 48.4 Å². The fourth-order valence-electron chi connectivity index (χ4n) is 2.13. The molecule has 2 N–H and O–H groups in total. The molecule has 114 valence electrons. The van der Waals surface area contributed by atoms with Crippen molar-refractivity contribution < 1.29 is 4.74 Å². The van der Waals surface area contributed by atoms with Crippen molar-refractivity contribution in [1.29, 1.82) is 0 Å². The Morgan fingerprint density at radius 2 is 1.95 bits per heavy atom. The quantitative estimate of drug-likeness (QED) is 0.660. The molecule has 0 aliphatic heterocycles. The van der Waals surface area contributed by atoms with E-state index in [2.05, 4.69) is 34.9 Å².